The van der Waals surface area contributed by atoms with E-state index in [0.717, 1.165) is 33.8 Å². The zero-order valence-electron chi connectivity index (χ0n) is 23.9. The Morgan fingerprint density at radius 3 is 2.22 bits per heavy atom. The van der Waals surface area contributed by atoms with Crippen LogP contribution in [0, 0.1) is 13.8 Å². The van der Waals surface area contributed by atoms with Gasteiger partial charge in [0.25, 0.3) is 10.0 Å². The molecule has 3 aromatic carbocycles. The van der Waals surface area contributed by atoms with Crippen molar-refractivity contribution in [1.29, 1.82) is 0 Å². The maximum atomic E-state index is 14.1. The number of nitrogens with one attached hydrogen (secondary N) is 1. The summed E-state index contributed by atoms with van der Waals surface area (Å²) in [5.41, 5.74) is 2.92. The lowest BCUT2D eigenvalue weighted by Gasteiger charge is -2.33. The molecule has 1 atom stereocenters. The van der Waals surface area contributed by atoms with Gasteiger partial charge < -0.3 is 10.2 Å². The Morgan fingerprint density at radius 2 is 1.61 bits per heavy atom. The second kappa shape index (κ2) is 14.7. The van der Waals surface area contributed by atoms with Gasteiger partial charge in [-0.05, 0) is 62.6 Å². The van der Waals surface area contributed by atoms with Crippen LogP contribution in [-0.2, 0) is 26.2 Å². The van der Waals surface area contributed by atoms with Gasteiger partial charge in [-0.3, -0.25) is 13.9 Å². The maximum absolute atomic E-state index is 14.1. The van der Waals surface area contributed by atoms with Gasteiger partial charge >= 0.3 is 0 Å². The minimum Gasteiger partial charge on any atom is -0.354 e. The highest BCUT2D eigenvalue weighted by atomic mass is 35.5. The van der Waals surface area contributed by atoms with Crippen molar-refractivity contribution in [2.24, 2.45) is 0 Å². The number of halogens is 2. The van der Waals surface area contributed by atoms with Crippen LogP contribution < -0.4 is 9.62 Å². The fraction of sp³-hybridized carbons (Fsp3) is 0.355. The second-order valence-electron chi connectivity index (χ2n) is 10.0. The number of aryl methyl sites for hydroxylation is 2. The third-order valence-corrected chi connectivity index (χ3v) is 9.26. The molecule has 0 spiro atoms. The lowest BCUT2D eigenvalue weighted by molar-refractivity contribution is -0.140. The molecule has 0 heterocycles. The van der Waals surface area contributed by atoms with Gasteiger partial charge in [0.15, 0.2) is 0 Å². The molecule has 3 aromatic rings. The number of rotatable bonds is 13. The van der Waals surface area contributed by atoms with Crippen LogP contribution in [0.2, 0.25) is 10.0 Å². The molecule has 0 unspecified atom stereocenters. The highest BCUT2D eigenvalue weighted by Gasteiger charge is 2.33. The van der Waals surface area contributed by atoms with Crippen molar-refractivity contribution in [3.8, 4) is 0 Å². The van der Waals surface area contributed by atoms with Crippen molar-refractivity contribution in [2.75, 3.05) is 17.4 Å². The van der Waals surface area contributed by atoms with E-state index in [-0.39, 0.29) is 33.1 Å². The number of carbonyl (C=O) groups is 2. The molecule has 41 heavy (non-hydrogen) atoms. The molecule has 0 aliphatic rings. The van der Waals surface area contributed by atoms with Gasteiger partial charge in [-0.1, -0.05) is 91.0 Å². The van der Waals surface area contributed by atoms with E-state index >= 15 is 0 Å². The summed E-state index contributed by atoms with van der Waals surface area (Å²) >= 11 is 12.4. The molecule has 0 aliphatic heterocycles. The topological polar surface area (TPSA) is 86.8 Å². The van der Waals surface area contributed by atoms with E-state index in [9.17, 15) is 18.0 Å². The van der Waals surface area contributed by atoms with Crippen LogP contribution in [0.3, 0.4) is 0 Å². The number of benzene rings is 3. The van der Waals surface area contributed by atoms with Crippen LogP contribution in [0.15, 0.2) is 71.6 Å². The Morgan fingerprint density at radius 1 is 0.902 bits per heavy atom. The smallest absolute Gasteiger partial charge is 0.264 e. The first kappa shape index (κ1) is 32.4. The van der Waals surface area contributed by atoms with Crippen LogP contribution in [-0.4, -0.2) is 44.3 Å². The number of unbranched alkanes of at least 4 members (excludes halogenated alkanes) is 1. The molecule has 0 saturated carbocycles. The molecular formula is C31H37Cl2N3O4S. The molecule has 0 saturated heterocycles. The minimum atomic E-state index is -4.20. The predicted molar refractivity (Wildman–Crippen MR) is 166 cm³/mol. The molecule has 0 aliphatic carbocycles. The molecule has 10 heteroatoms. The van der Waals surface area contributed by atoms with E-state index in [4.69, 9.17) is 23.2 Å². The number of anilines is 1. The summed E-state index contributed by atoms with van der Waals surface area (Å²) in [5.74, 6) is -0.796. The molecule has 220 valence electrons. The highest BCUT2D eigenvalue weighted by molar-refractivity contribution is 7.92. The summed E-state index contributed by atoms with van der Waals surface area (Å²) in [7, 11) is -4.20. The molecular weight excluding hydrogens is 581 g/mol. The fourth-order valence-corrected chi connectivity index (χ4v) is 6.14. The number of nitrogens with zero attached hydrogens (tertiary/aromatic N) is 2. The van der Waals surface area contributed by atoms with Gasteiger partial charge in [-0.15, -0.1) is 0 Å². The molecule has 1 N–H and O–H groups in total. The van der Waals surface area contributed by atoms with Crippen molar-refractivity contribution in [3.63, 3.8) is 0 Å². The summed E-state index contributed by atoms with van der Waals surface area (Å²) in [6.07, 6.45) is 2.08. The Balaban J connectivity index is 2.06. The van der Waals surface area contributed by atoms with E-state index < -0.39 is 28.5 Å². The van der Waals surface area contributed by atoms with Crippen LogP contribution in [0.4, 0.5) is 5.69 Å². The molecule has 0 bridgehead atoms. The molecule has 7 nitrogen and oxygen atoms in total. The average molecular weight is 619 g/mol. The Labute approximate surface area is 253 Å². The van der Waals surface area contributed by atoms with E-state index in [2.05, 4.69) is 5.32 Å². The Kier molecular flexibility index (Phi) is 11.6. The first-order valence-corrected chi connectivity index (χ1v) is 15.8. The third kappa shape index (κ3) is 8.47. The summed E-state index contributed by atoms with van der Waals surface area (Å²) in [6.45, 7) is 7.76. The zero-order valence-corrected chi connectivity index (χ0v) is 26.2. The number of hydrogen-bond donors (Lipinski definition) is 1. The quantitative estimate of drug-likeness (QED) is 0.221. The first-order chi connectivity index (χ1) is 19.5. The van der Waals surface area contributed by atoms with Gasteiger partial charge in [0, 0.05) is 13.1 Å². The van der Waals surface area contributed by atoms with Crippen LogP contribution in [0.25, 0.3) is 0 Å². The van der Waals surface area contributed by atoms with E-state index in [1.165, 1.54) is 35.2 Å². The second-order valence-corrected chi connectivity index (χ2v) is 12.7. The maximum Gasteiger partial charge on any atom is 0.264 e. The summed E-state index contributed by atoms with van der Waals surface area (Å²) in [6, 6.07) is 17.7. The van der Waals surface area contributed by atoms with Crippen molar-refractivity contribution < 1.29 is 18.0 Å². The largest absolute Gasteiger partial charge is 0.354 e. The normalized spacial score (nSPS) is 12.0. The standard InChI is InChI=1S/C31H37Cl2N3O4S/c1-5-7-17-34-31(38)29(6-2)35(20-24-10-8-9-23(4)18-24)30(37)21-36(25-13-16-27(32)28(33)19-25)41(39,40)26-14-11-22(3)12-15-26/h8-16,18-19,29H,5-7,17,20-21H2,1-4H3,(H,34,38)/t29-/m0/s1. The van der Waals surface area contributed by atoms with Crippen molar-refractivity contribution in [1.82, 2.24) is 10.2 Å². The van der Waals surface area contributed by atoms with E-state index in [0.29, 0.717) is 13.0 Å². The van der Waals surface area contributed by atoms with Gasteiger partial charge in [0.2, 0.25) is 11.8 Å². The van der Waals surface area contributed by atoms with E-state index in [1.54, 1.807) is 12.1 Å². The van der Waals surface area contributed by atoms with Crippen molar-refractivity contribution in [2.45, 2.75) is 64.4 Å². The zero-order chi connectivity index (χ0) is 30.2. The molecule has 3 rings (SSSR count). The van der Waals surface area contributed by atoms with Crippen molar-refractivity contribution >= 4 is 50.7 Å². The Bertz CT molecular complexity index is 1460. The van der Waals surface area contributed by atoms with Gasteiger partial charge in [-0.25, -0.2) is 8.42 Å². The van der Waals surface area contributed by atoms with Crippen LogP contribution in [0.1, 0.15) is 49.8 Å². The molecule has 2 amide bonds. The number of amides is 2. The molecule has 0 fully saturated rings. The fourth-order valence-electron chi connectivity index (χ4n) is 4.44. The number of sulfonamides is 1. The first-order valence-electron chi connectivity index (χ1n) is 13.6. The Hall–Kier alpha value is -3.07. The monoisotopic (exact) mass is 617 g/mol. The van der Waals surface area contributed by atoms with Crippen molar-refractivity contribution in [3.05, 3.63) is 93.5 Å². The summed E-state index contributed by atoms with van der Waals surface area (Å²) in [4.78, 5) is 28.9. The van der Waals surface area contributed by atoms with Crippen LogP contribution in [0.5, 0.6) is 0 Å². The van der Waals surface area contributed by atoms with Gasteiger partial charge in [-0.2, -0.15) is 0 Å². The lowest BCUT2D eigenvalue weighted by Crippen LogP contribution is -2.52. The minimum absolute atomic E-state index is 0.0246. The summed E-state index contributed by atoms with van der Waals surface area (Å²) in [5, 5.41) is 3.34. The highest BCUT2D eigenvalue weighted by Crippen LogP contribution is 2.31. The van der Waals surface area contributed by atoms with Gasteiger partial charge in [0.05, 0.1) is 20.6 Å². The van der Waals surface area contributed by atoms with Gasteiger partial charge in [0.1, 0.15) is 12.6 Å². The van der Waals surface area contributed by atoms with E-state index in [1.807, 2.05) is 52.0 Å². The van der Waals surface area contributed by atoms with Crippen LogP contribution >= 0.6 is 23.2 Å². The number of carbonyl (C=O) groups excluding carboxylic acids is 2. The molecule has 0 aromatic heterocycles. The molecule has 0 radical (unpaired) electrons. The lowest BCUT2D eigenvalue weighted by atomic mass is 10.1. The SMILES string of the molecule is CCCCNC(=O)[C@H](CC)N(Cc1cccc(C)c1)C(=O)CN(c1ccc(Cl)c(Cl)c1)S(=O)(=O)c1ccc(C)cc1. The number of hydrogen-bond acceptors (Lipinski definition) is 4. The third-order valence-electron chi connectivity index (χ3n) is 6.73. The predicted octanol–water partition coefficient (Wildman–Crippen LogP) is 6.53. The summed E-state index contributed by atoms with van der Waals surface area (Å²) < 4.78 is 28.9. The average Bonchev–Trinajstić information content (AvgIpc) is 2.93.